The molecule has 0 aliphatic heterocycles. The molecule has 0 heteroatoms. The molecule has 6 aliphatic carbocycles. The second-order valence-electron chi connectivity index (χ2n) is 16.6. The minimum atomic E-state index is -0.341. The lowest BCUT2D eigenvalue weighted by molar-refractivity contribution is 0.524. The number of hydrogen-bond donors (Lipinski definition) is 0. The second kappa shape index (κ2) is 9.69. The zero-order valence-electron chi connectivity index (χ0n) is 30.9. The Balaban J connectivity index is 1.39. The zero-order chi connectivity index (χ0) is 35.4. The van der Waals surface area contributed by atoms with E-state index >= 15 is 0 Å². The van der Waals surface area contributed by atoms with Crippen molar-refractivity contribution in [1.82, 2.24) is 0 Å². The predicted molar refractivity (Wildman–Crippen MR) is 218 cm³/mol. The highest BCUT2D eigenvalue weighted by Crippen LogP contribution is 2.67. The van der Waals surface area contributed by atoms with Crippen molar-refractivity contribution in [3.05, 3.63) is 222 Å². The van der Waals surface area contributed by atoms with Gasteiger partial charge in [0.25, 0.3) is 0 Å². The molecule has 0 saturated heterocycles. The average Bonchev–Trinajstić information content (AvgIpc) is 3.16. The van der Waals surface area contributed by atoms with E-state index in [1.807, 2.05) is 0 Å². The summed E-state index contributed by atoms with van der Waals surface area (Å²) < 4.78 is 0. The predicted octanol–water partition coefficient (Wildman–Crippen LogP) is 12.3. The van der Waals surface area contributed by atoms with Crippen LogP contribution in [0, 0.1) is 13.8 Å². The van der Waals surface area contributed by atoms with E-state index in [2.05, 4.69) is 187 Å². The third-order valence-corrected chi connectivity index (χ3v) is 14.5. The van der Waals surface area contributed by atoms with Gasteiger partial charge in [-0.25, -0.2) is 0 Å². The molecule has 52 heavy (non-hydrogen) atoms. The van der Waals surface area contributed by atoms with Gasteiger partial charge in [0, 0.05) is 21.7 Å². The number of rotatable bonds is 0. The van der Waals surface area contributed by atoms with Crippen LogP contribution in [-0.2, 0) is 21.7 Å². The van der Waals surface area contributed by atoms with Gasteiger partial charge in [-0.3, -0.25) is 0 Å². The summed E-state index contributed by atoms with van der Waals surface area (Å²) in [5.74, 6) is 0. The first-order valence-corrected chi connectivity index (χ1v) is 19.0. The maximum Gasteiger partial charge on any atom is 0.0438 e. The van der Waals surface area contributed by atoms with Crippen LogP contribution in [0.4, 0.5) is 0 Å². The van der Waals surface area contributed by atoms with Gasteiger partial charge >= 0.3 is 0 Å². The molecular formula is C52H42. The molecule has 5 aromatic rings. The number of fused-ring (bicyclic) bond motifs is 18. The molecule has 4 unspecified atom stereocenters. The molecule has 6 aliphatic rings. The van der Waals surface area contributed by atoms with Gasteiger partial charge in [-0.15, -0.1) is 0 Å². The lowest BCUT2D eigenvalue weighted by atomic mass is 9.46. The number of benzene rings is 5. The van der Waals surface area contributed by atoms with E-state index in [0.29, 0.717) is 0 Å². The Hall–Kier alpha value is -5.46. The third-order valence-electron chi connectivity index (χ3n) is 14.5. The van der Waals surface area contributed by atoms with Crippen molar-refractivity contribution in [1.29, 1.82) is 0 Å². The van der Waals surface area contributed by atoms with Crippen LogP contribution in [0.1, 0.15) is 106 Å². The molecule has 0 spiro atoms. The molecule has 250 valence electrons. The fourth-order valence-corrected chi connectivity index (χ4v) is 12.3. The molecule has 0 N–H and O–H groups in total. The summed E-state index contributed by atoms with van der Waals surface area (Å²) in [6, 6.07) is 36.6. The molecule has 0 aromatic heterocycles. The van der Waals surface area contributed by atoms with Crippen molar-refractivity contribution in [3.63, 3.8) is 0 Å². The van der Waals surface area contributed by atoms with E-state index in [1.165, 1.54) is 100 Å². The Bertz CT molecular complexity index is 2330. The smallest absolute Gasteiger partial charge is 0.0438 e. The van der Waals surface area contributed by atoms with E-state index in [1.54, 1.807) is 0 Å². The Labute approximate surface area is 308 Å². The van der Waals surface area contributed by atoms with E-state index in [-0.39, 0.29) is 21.7 Å². The quantitative estimate of drug-likeness (QED) is 0.154. The number of hydrogen-bond acceptors (Lipinski definition) is 0. The fraction of sp³-hybridized carbons (Fsp3) is 0.192. The van der Waals surface area contributed by atoms with Crippen LogP contribution < -0.4 is 0 Å². The highest BCUT2D eigenvalue weighted by atomic mass is 14.6. The van der Waals surface area contributed by atoms with Crippen LogP contribution in [0.15, 0.2) is 144 Å². The van der Waals surface area contributed by atoms with E-state index in [4.69, 9.17) is 0 Å². The SMILES string of the molecule is Cc1c2c(c(C)c3c1C1(C)C(=C4C=Cc5ccccc5C43C)C=Cc3ccccc31)C1(C)C(=C3C=Cc4ccccc4C32C)C=Cc2ccccc21. The first-order chi connectivity index (χ1) is 25.2. The molecule has 0 saturated carbocycles. The van der Waals surface area contributed by atoms with Crippen LogP contribution in [0.25, 0.3) is 24.3 Å². The van der Waals surface area contributed by atoms with Crippen molar-refractivity contribution in [2.24, 2.45) is 0 Å². The zero-order valence-corrected chi connectivity index (χ0v) is 30.9. The largest absolute Gasteiger partial charge is 0.0619 e. The fourth-order valence-electron chi connectivity index (χ4n) is 12.3. The molecule has 0 nitrogen and oxygen atoms in total. The number of allylic oxidation sites excluding steroid dienone is 8. The molecule has 0 bridgehead atoms. The first-order valence-electron chi connectivity index (χ1n) is 19.0. The molecule has 0 heterocycles. The molecule has 0 radical (unpaired) electrons. The van der Waals surface area contributed by atoms with Gasteiger partial charge in [-0.05, 0) is 142 Å². The van der Waals surface area contributed by atoms with E-state index in [0.717, 1.165) is 0 Å². The van der Waals surface area contributed by atoms with Gasteiger partial charge in [-0.1, -0.05) is 146 Å². The van der Waals surface area contributed by atoms with Crippen molar-refractivity contribution >= 4 is 24.3 Å². The minimum absolute atomic E-state index is 0.341. The van der Waals surface area contributed by atoms with Gasteiger partial charge in [0.1, 0.15) is 0 Å². The highest BCUT2D eigenvalue weighted by molar-refractivity contribution is 5.88. The molecule has 0 fully saturated rings. The maximum absolute atomic E-state index is 2.53. The molecule has 5 aromatic carbocycles. The topological polar surface area (TPSA) is 0 Å². The monoisotopic (exact) mass is 666 g/mol. The summed E-state index contributed by atoms with van der Waals surface area (Å²) in [4.78, 5) is 0. The first kappa shape index (κ1) is 30.2. The van der Waals surface area contributed by atoms with Gasteiger partial charge in [0.05, 0.1) is 0 Å². The van der Waals surface area contributed by atoms with Gasteiger partial charge in [0.15, 0.2) is 0 Å². The van der Waals surface area contributed by atoms with E-state index < -0.39 is 0 Å². The van der Waals surface area contributed by atoms with Crippen LogP contribution in [0.5, 0.6) is 0 Å². The Morgan fingerprint density at radius 3 is 0.731 bits per heavy atom. The minimum Gasteiger partial charge on any atom is -0.0619 e. The van der Waals surface area contributed by atoms with Crippen LogP contribution in [0.2, 0.25) is 0 Å². The summed E-state index contributed by atoms with van der Waals surface area (Å²) in [5.41, 5.74) is 24.0. The summed E-state index contributed by atoms with van der Waals surface area (Å²) in [5, 5.41) is 0. The van der Waals surface area contributed by atoms with Crippen LogP contribution >= 0.6 is 0 Å². The Morgan fingerprint density at radius 2 is 0.500 bits per heavy atom. The normalized spacial score (nSPS) is 27.7. The summed E-state index contributed by atoms with van der Waals surface area (Å²) in [6.07, 6.45) is 19.3. The van der Waals surface area contributed by atoms with Gasteiger partial charge in [-0.2, -0.15) is 0 Å². The summed E-state index contributed by atoms with van der Waals surface area (Å²) in [7, 11) is 0. The molecule has 4 atom stereocenters. The van der Waals surface area contributed by atoms with Crippen molar-refractivity contribution in [3.8, 4) is 0 Å². The summed E-state index contributed by atoms with van der Waals surface area (Å²) in [6.45, 7) is 15.1. The van der Waals surface area contributed by atoms with Gasteiger partial charge < -0.3 is 0 Å². The van der Waals surface area contributed by atoms with Crippen LogP contribution in [-0.4, -0.2) is 0 Å². The van der Waals surface area contributed by atoms with Crippen molar-refractivity contribution in [2.45, 2.75) is 63.2 Å². The highest BCUT2D eigenvalue weighted by Gasteiger charge is 2.58. The molecule has 0 amide bonds. The molecular weight excluding hydrogens is 625 g/mol. The van der Waals surface area contributed by atoms with Gasteiger partial charge in [0.2, 0.25) is 0 Å². The maximum atomic E-state index is 2.53. The summed E-state index contributed by atoms with van der Waals surface area (Å²) >= 11 is 0. The lowest BCUT2D eigenvalue weighted by Gasteiger charge is -2.56. The lowest BCUT2D eigenvalue weighted by Crippen LogP contribution is -2.49. The van der Waals surface area contributed by atoms with Crippen LogP contribution in [0.3, 0.4) is 0 Å². The van der Waals surface area contributed by atoms with Crippen molar-refractivity contribution < 1.29 is 0 Å². The van der Waals surface area contributed by atoms with E-state index in [9.17, 15) is 0 Å². The molecule has 11 rings (SSSR count). The van der Waals surface area contributed by atoms with Crippen molar-refractivity contribution in [2.75, 3.05) is 0 Å². The standard InChI is InChI=1S/C52H42/c1-31-45-47(51(5)39-21-13-9-17-35(39)25-29-43(51)41-27-23-33-15-7-11-19-37(33)49(41,45)3)32(2)48-46(31)50(4)38-20-12-8-16-34(38)24-28-42(50)44-30-26-36-18-10-14-22-40(36)52(44,48)6/h7-30H,1-6H3. The average molecular weight is 667 g/mol. The Kier molecular flexibility index (Phi) is 5.63. The second-order valence-corrected chi connectivity index (χ2v) is 16.6. The Morgan fingerprint density at radius 1 is 0.288 bits per heavy atom. The third kappa shape index (κ3) is 3.20.